The van der Waals surface area contributed by atoms with Gasteiger partial charge in [-0.1, -0.05) is 71.0 Å². The highest BCUT2D eigenvalue weighted by Crippen LogP contribution is 2.46. The Kier molecular flexibility index (Phi) is 5.96. The number of furan rings is 1. The van der Waals surface area contributed by atoms with Crippen LogP contribution < -0.4 is 0 Å². The van der Waals surface area contributed by atoms with Crippen LogP contribution in [-0.2, 0) is 11.8 Å². The second kappa shape index (κ2) is 9.10. The highest BCUT2D eigenvalue weighted by Gasteiger charge is 2.23. The van der Waals surface area contributed by atoms with Crippen LogP contribution in [0.1, 0.15) is 57.1 Å². The number of fused-ring (bicyclic) bond motifs is 3. The number of thiophene rings is 1. The van der Waals surface area contributed by atoms with E-state index in [1.54, 1.807) is 0 Å². The van der Waals surface area contributed by atoms with Gasteiger partial charge in [-0.2, -0.15) is 0 Å². The predicted molar refractivity (Wildman–Crippen MR) is 164 cm³/mol. The molecular formula is C35H35NOS. The molecule has 0 saturated carbocycles. The Hall–Kier alpha value is -3.43. The number of hydrogen-bond acceptors (Lipinski definition) is 3. The first-order valence-corrected chi connectivity index (χ1v) is 14.4. The number of aryl methyl sites for hydroxylation is 2. The maximum atomic E-state index is 6.33. The van der Waals surface area contributed by atoms with Crippen molar-refractivity contribution < 1.29 is 4.42 Å². The zero-order valence-corrected chi connectivity index (χ0v) is 24.2. The Balaban J connectivity index is 1.57. The topological polar surface area (TPSA) is 26.0 Å². The van der Waals surface area contributed by atoms with Crippen molar-refractivity contribution in [2.24, 2.45) is 5.92 Å². The molecule has 0 saturated heterocycles. The summed E-state index contributed by atoms with van der Waals surface area (Å²) in [6, 6.07) is 22.3. The molecule has 0 spiro atoms. The summed E-state index contributed by atoms with van der Waals surface area (Å²) < 4.78 is 7.60. The molecule has 6 aromatic rings. The zero-order valence-electron chi connectivity index (χ0n) is 23.4. The van der Waals surface area contributed by atoms with Crippen LogP contribution in [0.5, 0.6) is 0 Å². The molecule has 3 aromatic carbocycles. The van der Waals surface area contributed by atoms with Gasteiger partial charge in [0.1, 0.15) is 11.3 Å². The number of aromatic nitrogens is 1. The van der Waals surface area contributed by atoms with E-state index in [9.17, 15) is 0 Å². The summed E-state index contributed by atoms with van der Waals surface area (Å²) >= 11 is 1.85. The molecule has 0 bridgehead atoms. The van der Waals surface area contributed by atoms with Crippen molar-refractivity contribution in [2.75, 3.05) is 0 Å². The van der Waals surface area contributed by atoms with E-state index in [1.165, 1.54) is 58.9 Å². The van der Waals surface area contributed by atoms with E-state index in [1.807, 2.05) is 17.5 Å². The van der Waals surface area contributed by atoms with Crippen LogP contribution in [0.3, 0.4) is 0 Å². The third-order valence-electron chi connectivity index (χ3n) is 7.59. The summed E-state index contributed by atoms with van der Waals surface area (Å²) in [6.07, 6.45) is 3.02. The largest absolute Gasteiger partial charge is 0.461 e. The summed E-state index contributed by atoms with van der Waals surface area (Å²) in [6.45, 7) is 15.7. The van der Waals surface area contributed by atoms with Gasteiger partial charge in [-0.3, -0.25) is 4.98 Å². The minimum absolute atomic E-state index is 0.0274. The fourth-order valence-electron chi connectivity index (χ4n) is 5.86. The van der Waals surface area contributed by atoms with Crippen molar-refractivity contribution in [1.82, 2.24) is 4.98 Å². The molecule has 192 valence electrons. The number of pyridine rings is 1. The second-order valence-electron chi connectivity index (χ2n) is 12.0. The van der Waals surface area contributed by atoms with Crippen LogP contribution in [0, 0.1) is 19.8 Å². The molecule has 3 heterocycles. The van der Waals surface area contributed by atoms with Gasteiger partial charge in [-0.05, 0) is 83.3 Å². The fourth-order valence-corrected chi connectivity index (χ4v) is 7.17. The number of nitrogens with zero attached hydrogens (tertiary/aromatic N) is 1. The van der Waals surface area contributed by atoms with E-state index in [0.717, 1.165) is 23.5 Å². The molecule has 6 rings (SSSR count). The monoisotopic (exact) mass is 517 g/mol. The third kappa shape index (κ3) is 4.14. The minimum atomic E-state index is 0.0274. The summed E-state index contributed by atoms with van der Waals surface area (Å²) in [4.78, 5) is 6.25. The molecule has 0 atom stereocenters. The van der Waals surface area contributed by atoms with E-state index >= 15 is 0 Å². The van der Waals surface area contributed by atoms with Crippen LogP contribution in [0.25, 0.3) is 53.5 Å². The molecule has 0 fully saturated rings. The van der Waals surface area contributed by atoms with Crippen molar-refractivity contribution in [3.8, 4) is 21.7 Å². The molecule has 0 aliphatic carbocycles. The van der Waals surface area contributed by atoms with Gasteiger partial charge in [0.15, 0.2) is 0 Å². The van der Waals surface area contributed by atoms with Gasteiger partial charge >= 0.3 is 0 Å². The van der Waals surface area contributed by atoms with E-state index in [4.69, 9.17) is 9.40 Å². The molecule has 3 heteroatoms. The van der Waals surface area contributed by atoms with Crippen molar-refractivity contribution in [3.63, 3.8) is 0 Å². The van der Waals surface area contributed by atoms with Gasteiger partial charge in [-0.25, -0.2) is 0 Å². The second-order valence-corrected chi connectivity index (χ2v) is 13.1. The van der Waals surface area contributed by atoms with E-state index < -0.39 is 0 Å². The molecule has 0 unspecified atom stereocenters. The Morgan fingerprint density at radius 3 is 2.47 bits per heavy atom. The lowest BCUT2D eigenvalue weighted by Crippen LogP contribution is -2.12. The third-order valence-corrected chi connectivity index (χ3v) is 8.86. The molecule has 0 aliphatic rings. The molecular weight excluding hydrogens is 482 g/mol. The molecule has 0 amide bonds. The Morgan fingerprint density at radius 2 is 1.71 bits per heavy atom. The van der Waals surface area contributed by atoms with Crippen LogP contribution in [0.2, 0.25) is 0 Å². The fraction of sp³-hybridized carbons (Fsp3) is 0.286. The van der Waals surface area contributed by atoms with Crippen molar-refractivity contribution >= 4 is 43.2 Å². The first-order valence-electron chi connectivity index (χ1n) is 13.6. The summed E-state index contributed by atoms with van der Waals surface area (Å²) in [5.74, 6) is 1.60. The Bertz CT molecular complexity index is 1830. The highest BCUT2D eigenvalue weighted by atomic mass is 32.1. The Morgan fingerprint density at radius 1 is 0.921 bits per heavy atom. The molecule has 38 heavy (non-hydrogen) atoms. The van der Waals surface area contributed by atoms with Gasteiger partial charge in [0, 0.05) is 37.7 Å². The predicted octanol–water partition coefficient (Wildman–Crippen LogP) is 10.6. The maximum Gasteiger partial charge on any atom is 0.135 e. The highest BCUT2D eigenvalue weighted by molar-refractivity contribution is 7.22. The first-order chi connectivity index (χ1) is 18.1. The summed E-state index contributed by atoms with van der Waals surface area (Å²) in [7, 11) is 0. The molecule has 3 aromatic heterocycles. The normalized spacial score (nSPS) is 12.4. The van der Waals surface area contributed by atoms with Gasteiger partial charge in [0.25, 0.3) is 0 Å². The van der Waals surface area contributed by atoms with Crippen LogP contribution in [0.4, 0.5) is 0 Å². The lowest BCUT2D eigenvalue weighted by molar-refractivity contribution is 0.578. The maximum absolute atomic E-state index is 6.33. The average molecular weight is 518 g/mol. The van der Waals surface area contributed by atoms with Gasteiger partial charge in [-0.15, -0.1) is 11.3 Å². The lowest BCUT2D eigenvalue weighted by Gasteiger charge is -2.23. The molecule has 0 aliphatic heterocycles. The van der Waals surface area contributed by atoms with Crippen molar-refractivity contribution in [1.29, 1.82) is 0 Å². The van der Waals surface area contributed by atoms with Crippen molar-refractivity contribution in [2.45, 2.75) is 60.3 Å². The van der Waals surface area contributed by atoms with Crippen LogP contribution in [-0.4, -0.2) is 4.98 Å². The first kappa shape index (κ1) is 24.9. The average Bonchev–Trinajstić information content (AvgIpc) is 3.37. The number of benzene rings is 3. The standard InChI is InChI=1S/C35H35NOS/c1-20(2)16-23-12-13-27-29(17-23)37-22(4)32(27)34-21(3)31-30(38-34)14-15-36-33(31)25-18-24-10-8-9-11-26(24)28(19-25)35(5,6)7/h8-15,17-20H,16H2,1-7H3. The van der Waals surface area contributed by atoms with Gasteiger partial charge in [0.2, 0.25) is 0 Å². The number of rotatable bonds is 4. The SMILES string of the molecule is Cc1oc2cc(CC(C)C)ccc2c1-c1sc2ccnc(-c3cc(C(C)(C)C)c4ccccc4c3)c2c1C. The minimum Gasteiger partial charge on any atom is -0.461 e. The van der Waals surface area contributed by atoms with Gasteiger partial charge < -0.3 is 4.42 Å². The molecule has 0 N–H and O–H groups in total. The van der Waals surface area contributed by atoms with Crippen LogP contribution in [0.15, 0.2) is 71.3 Å². The van der Waals surface area contributed by atoms with E-state index in [2.05, 4.69) is 109 Å². The van der Waals surface area contributed by atoms with E-state index in [-0.39, 0.29) is 5.41 Å². The summed E-state index contributed by atoms with van der Waals surface area (Å²) in [5, 5.41) is 5.01. The van der Waals surface area contributed by atoms with E-state index in [0.29, 0.717) is 5.92 Å². The summed E-state index contributed by atoms with van der Waals surface area (Å²) in [5.41, 5.74) is 8.42. The van der Waals surface area contributed by atoms with Crippen LogP contribution >= 0.6 is 11.3 Å². The lowest BCUT2D eigenvalue weighted by atomic mass is 9.82. The quantitative estimate of drug-likeness (QED) is 0.232. The Labute approximate surface area is 229 Å². The van der Waals surface area contributed by atoms with Crippen molar-refractivity contribution in [3.05, 3.63) is 89.3 Å². The van der Waals surface area contributed by atoms with Gasteiger partial charge in [0.05, 0.1) is 5.69 Å². The zero-order chi connectivity index (χ0) is 26.8. The number of hydrogen-bond donors (Lipinski definition) is 0. The molecule has 0 radical (unpaired) electrons. The molecule has 2 nitrogen and oxygen atoms in total. The smallest absolute Gasteiger partial charge is 0.135 e.